The molecule has 0 aromatic carbocycles. The van der Waals surface area contributed by atoms with Crippen LogP contribution in [0.2, 0.25) is 0 Å². The normalized spacial score (nSPS) is 15.3. The van der Waals surface area contributed by atoms with E-state index in [1.807, 2.05) is 23.2 Å². The molecule has 1 aliphatic carbocycles. The van der Waals surface area contributed by atoms with Crippen molar-refractivity contribution < 1.29 is 4.74 Å². The van der Waals surface area contributed by atoms with Crippen LogP contribution in [0.25, 0.3) is 12.2 Å². The van der Waals surface area contributed by atoms with E-state index in [0.29, 0.717) is 5.82 Å². The van der Waals surface area contributed by atoms with E-state index in [9.17, 15) is 4.79 Å². The Bertz CT molecular complexity index is 698. The Kier molecular flexibility index (Phi) is 3.85. The molecule has 0 unspecified atom stereocenters. The molecule has 0 atom stereocenters. The minimum absolute atomic E-state index is 0.209. The minimum atomic E-state index is -0.284. The van der Waals surface area contributed by atoms with Crippen molar-refractivity contribution in [3.63, 3.8) is 0 Å². The molecular formula is C15H18N4O2. The Labute approximate surface area is 122 Å². The van der Waals surface area contributed by atoms with Crippen LogP contribution in [0.4, 0.5) is 0 Å². The summed E-state index contributed by atoms with van der Waals surface area (Å²) in [5.41, 5.74) is 0.709. The van der Waals surface area contributed by atoms with Gasteiger partial charge in [-0.1, -0.05) is 6.42 Å². The number of hydrogen-bond acceptors (Lipinski definition) is 4. The van der Waals surface area contributed by atoms with Crippen LogP contribution in [0.1, 0.15) is 30.7 Å². The van der Waals surface area contributed by atoms with E-state index in [-0.39, 0.29) is 11.3 Å². The first-order chi connectivity index (χ1) is 10.2. The van der Waals surface area contributed by atoms with Gasteiger partial charge in [0, 0.05) is 18.3 Å². The zero-order chi connectivity index (χ0) is 14.7. The molecule has 3 rings (SSSR count). The van der Waals surface area contributed by atoms with Crippen molar-refractivity contribution in [2.45, 2.75) is 25.8 Å². The van der Waals surface area contributed by atoms with E-state index in [1.54, 1.807) is 6.08 Å². The van der Waals surface area contributed by atoms with Gasteiger partial charge in [0.1, 0.15) is 5.82 Å². The first-order valence-electron chi connectivity index (χ1n) is 7.08. The third-order valence-electron chi connectivity index (χ3n) is 3.76. The Morgan fingerprint density at radius 2 is 2.29 bits per heavy atom. The maximum atomic E-state index is 11.6. The fraction of sp³-hybridized carbons (Fsp3) is 0.400. The summed E-state index contributed by atoms with van der Waals surface area (Å²) >= 11 is 0. The highest BCUT2D eigenvalue weighted by atomic mass is 16.5. The van der Waals surface area contributed by atoms with Crippen LogP contribution in [0.3, 0.4) is 0 Å². The zero-order valence-corrected chi connectivity index (χ0v) is 12.0. The van der Waals surface area contributed by atoms with Crippen LogP contribution >= 0.6 is 0 Å². The molecule has 2 aromatic heterocycles. The third kappa shape index (κ3) is 3.21. The number of nitrogens with one attached hydrogen (secondary N) is 1. The van der Waals surface area contributed by atoms with Crippen molar-refractivity contribution in [3.05, 3.63) is 40.3 Å². The summed E-state index contributed by atoms with van der Waals surface area (Å²) in [6.07, 6.45) is 12.8. The molecule has 0 spiro atoms. The van der Waals surface area contributed by atoms with Crippen LogP contribution in [0, 0.1) is 5.92 Å². The van der Waals surface area contributed by atoms with Crippen LogP contribution in [0.5, 0.6) is 5.75 Å². The van der Waals surface area contributed by atoms with Gasteiger partial charge in [-0.05, 0) is 30.9 Å². The van der Waals surface area contributed by atoms with Crippen molar-refractivity contribution in [1.29, 1.82) is 0 Å². The molecule has 1 saturated carbocycles. The lowest BCUT2D eigenvalue weighted by atomic mass is 9.85. The van der Waals surface area contributed by atoms with Gasteiger partial charge in [0.25, 0.3) is 5.56 Å². The maximum absolute atomic E-state index is 11.6. The number of nitrogens with zero attached hydrogens (tertiary/aromatic N) is 3. The van der Waals surface area contributed by atoms with Gasteiger partial charge >= 0.3 is 0 Å². The zero-order valence-electron chi connectivity index (χ0n) is 12.0. The molecule has 1 fully saturated rings. The van der Waals surface area contributed by atoms with Crippen LogP contribution in [0.15, 0.2) is 23.4 Å². The van der Waals surface area contributed by atoms with Gasteiger partial charge in [-0.3, -0.25) is 9.48 Å². The summed E-state index contributed by atoms with van der Waals surface area (Å²) in [6, 6.07) is 0. The largest absolute Gasteiger partial charge is 0.490 e. The van der Waals surface area contributed by atoms with E-state index in [4.69, 9.17) is 4.74 Å². The van der Waals surface area contributed by atoms with E-state index in [0.717, 1.165) is 18.0 Å². The van der Waals surface area contributed by atoms with Crippen molar-refractivity contribution in [3.8, 4) is 5.75 Å². The standard InChI is InChI=1S/C15H18N4O2/c1-21-13-8-16-14(18-15(13)20)6-5-12-7-17-19(10-12)9-11-3-2-4-11/h5-8,10-11H,2-4,9H2,1H3,(H,16,18,20). The Morgan fingerprint density at radius 1 is 1.43 bits per heavy atom. The van der Waals surface area contributed by atoms with Gasteiger partial charge in [-0.15, -0.1) is 0 Å². The summed E-state index contributed by atoms with van der Waals surface area (Å²) in [4.78, 5) is 18.3. The number of aromatic amines is 1. The Balaban J connectivity index is 1.67. The topological polar surface area (TPSA) is 72.8 Å². The molecule has 0 radical (unpaired) electrons. The fourth-order valence-electron chi connectivity index (χ4n) is 2.31. The van der Waals surface area contributed by atoms with E-state index >= 15 is 0 Å². The molecule has 1 N–H and O–H groups in total. The van der Waals surface area contributed by atoms with Crippen molar-refractivity contribution >= 4 is 12.2 Å². The second kappa shape index (κ2) is 5.95. The van der Waals surface area contributed by atoms with Gasteiger partial charge in [-0.2, -0.15) is 5.10 Å². The van der Waals surface area contributed by atoms with E-state index in [2.05, 4.69) is 15.1 Å². The SMILES string of the molecule is COc1cnc(C=Cc2cnn(CC3CCC3)c2)[nH]c1=O. The average molecular weight is 286 g/mol. The number of ether oxygens (including phenoxy) is 1. The highest BCUT2D eigenvalue weighted by molar-refractivity contribution is 5.65. The summed E-state index contributed by atoms with van der Waals surface area (Å²) in [7, 11) is 1.44. The highest BCUT2D eigenvalue weighted by Crippen LogP contribution is 2.27. The van der Waals surface area contributed by atoms with Crippen LogP contribution in [-0.4, -0.2) is 26.9 Å². The molecule has 0 aliphatic heterocycles. The molecule has 0 amide bonds. The van der Waals surface area contributed by atoms with Crippen molar-refractivity contribution in [2.24, 2.45) is 5.92 Å². The molecule has 1 aliphatic rings. The number of H-pyrrole nitrogens is 1. The molecule has 6 heteroatoms. The van der Waals surface area contributed by atoms with Gasteiger partial charge in [0.15, 0.2) is 0 Å². The first kappa shape index (κ1) is 13.6. The molecule has 110 valence electrons. The predicted molar refractivity (Wildman–Crippen MR) is 79.9 cm³/mol. The summed E-state index contributed by atoms with van der Waals surface area (Å²) < 4.78 is 6.86. The number of hydrogen-bond donors (Lipinski definition) is 1. The Morgan fingerprint density at radius 3 is 2.95 bits per heavy atom. The first-order valence-corrected chi connectivity index (χ1v) is 7.08. The van der Waals surface area contributed by atoms with Crippen LogP contribution < -0.4 is 10.3 Å². The molecule has 0 bridgehead atoms. The second-order valence-corrected chi connectivity index (χ2v) is 5.29. The summed E-state index contributed by atoms with van der Waals surface area (Å²) in [6.45, 7) is 0.992. The molecule has 2 aromatic rings. The smallest absolute Gasteiger partial charge is 0.293 e. The van der Waals surface area contributed by atoms with Crippen molar-refractivity contribution in [2.75, 3.05) is 7.11 Å². The number of aromatic nitrogens is 4. The second-order valence-electron chi connectivity index (χ2n) is 5.29. The lowest BCUT2D eigenvalue weighted by molar-refractivity contribution is 0.266. The number of methoxy groups -OCH3 is 1. The molecule has 6 nitrogen and oxygen atoms in total. The molecular weight excluding hydrogens is 268 g/mol. The van der Waals surface area contributed by atoms with E-state index < -0.39 is 0 Å². The molecule has 2 heterocycles. The number of rotatable bonds is 5. The van der Waals surface area contributed by atoms with Gasteiger partial charge in [-0.25, -0.2) is 4.98 Å². The quantitative estimate of drug-likeness (QED) is 0.911. The van der Waals surface area contributed by atoms with Gasteiger partial charge < -0.3 is 9.72 Å². The average Bonchev–Trinajstić information content (AvgIpc) is 2.89. The maximum Gasteiger partial charge on any atom is 0.293 e. The highest BCUT2D eigenvalue weighted by Gasteiger charge is 2.17. The lowest BCUT2D eigenvalue weighted by Gasteiger charge is -2.24. The van der Waals surface area contributed by atoms with Crippen LogP contribution in [-0.2, 0) is 6.54 Å². The monoisotopic (exact) mass is 286 g/mol. The van der Waals surface area contributed by atoms with Crippen molar-refractivity contribution in [1.82, 2.24) is 19.7 Å². The minimum Gasteiger partial charge on any atom is -0.490 e. The third-order valence-corrected chi connectivity index (χ3v) is 3.76. The van der Waals surface area contributed by atoms with E-state index in [1.165, 1.54) is 32.6 Å². The predicted octanol–water partition coefficient (Wildman–Crippen LogP) is 1.95. The van der Waals surface area contributed by atoms with Gasteiger partial charge in [0.05, 0.1) is 19.5 Å². The lowest BCUT2D eigenvalue weighted by Crippen LogP contribution is -2.18. The fourth-order valence-corrected chi connectivity index (χ4v) is 2.31. The molecule has 0 saturated heterocycles. The summed E-state index contributed by atoms with van der Waals surface area (Å²) in [5, 5.41) is 4.35. The Hall–Kier alpha value is -2.37. The summed E-state index contributed by atoms with van der Waals surface area (Å²) in [5.74, 6) is 1.48. The van der Waals surface area contributed by atoms with Gasteiger partial charge in [0.2, 0.25) is 5.75 Å². The molecule has 21 heavy (non-hydrogen) atoms.